The third-order valence-electron chi connectivity index (χ3n) is 4.42. The van der Waals surface area contributed by atoms with Crippen LogP contribution in [-0.4, -0.2) is 11.2 Å². The van der Waals surface area contributed by atoms with Crippen LogP contribution in [0.15, 0.2) is 24.3 Å². The van der Waals surface area contributed by atoms with Crippen molar-refractivity contribution in [2.75, 3.05) is 0 Å². The summed E-state index contributed by atoms with van der Waals surface area (Å²) in [6.45, 7) is 0.754. The molecule has 0 radical (unpaired) electrons. The fourth-order valence-corrected chi connectivity index (χ4v) is 3.78. The number of rotatable bonds is 3. The van der Waals surface area contributed by atoms with E-state index in [4.69, 9.17) is 23.8 Å². The molecule has 3 atom stereocenters. The summed E-state index contributed by atoms with van der Waals surface area (Å²) in [6.07, 6.45) is 5.50. The van der Waals surface area contributed by atoms with Gasteiger partial charge in [-0.05, 0) is 61.0 Å². The van der Waals surface area contributed by atoms with Gasteiger partial charge in [-0.2, -0.15) is 0 Å². The van der Waals surface area contributed by atoms with Crippen molar-refractivity contribution in [1.82, 2.24) is 10.6 Å². The van der Waals surface area contributed by atoms with Gasteiger partial charge in [0.2, 0.25) is 0 Å². The van der Waals surface area contributed by atoms with Gasteiger partial charge in [-0.25, -0.2) is 0 Å². The topological polar surface area (TPSA) is 24.1 Å². The largest absolute Gasteiger partial charge is 0.360 e. The van der Waals surface area contributed by atoms with Crippen molar-refractivity contribution in [3.8, 4) is 0 Å². The molecule has 102 valence electrons. The fraction of sp³-hybridized carbons (Fsp3) is 0.533. The Bertz CT molecular complexity index is 460. The maximum Gasteiger partial charge on any atom is 0.166 e. The van der Waals surface area contributed by atoms with Gasteiger partial charge in [-0.3, -0.25) is 0 Å². The molecule has 3 rings (SSSR count). The highest BCUT2D eigenvalue weighted by molar-refractivity contribution is 7.80. The maximum atomic E-state index is 5.87. The average molecular weight is 295 g/mol. The first-order valence-electron chi connectivity index (χ1n) is 6.99. The lowest BCUT2D eigenvalue weighted by Crippen LogP contribution is -2.43. The van der Waals surface area contributed by atoms with Crippen molar-refractivity contribution in [2.24, 2.45) is 11.8 Å². The Balaban J connectivity index is 1.45. The monoisotopic (exact) mass is 294 g/mol. The minimum Gasteiger partial charge on any atom is -0.360 e. The van der Waals surface area contributed by atoms with Gasteiger partial charge in [0.05, 0.1) is 0 Å². The summed E-state index contributed by atoms with van der Waals surface area (Å²) in [5.74, 6) is 1.79. The molecule has 0 saturated heterocycles. The first kappa shape index (κ1) is 13.2. The predicted octanol–water partition coefficient (Wildman–Crippen LogP) is 3.49. The highest BCUT2D eigenvalue weighted by Gasteiger charge is 2.39. The minimum atomic E-state index is 0.601. The molecule has 0 amide bonds. The molecule has 0 unspecified atom stereocenters. The molecule has 2 bridgehead atoms. The van der Waals surface area contributed by atoms with Crippen LogP contribution < -0.4 is 10.6 Å². The molecule has 2 fully saturated rings. The summed E-state index contributed by atoms with van der Waals surface area (Å²) < 4.78 is 0. The van der Waals surface area contributed by atoms with Crippen LogP contribution in [0.2, 0.25) is 5.02 Å². The fourth-order valence-electron chi connectivity index (χ4n) is 3.43. The van der Waals surface area contributed by atoms with Crippen LogP contribution in [0.1, 0.15) is 31.2 Å². The van der Waals surface area contributed by atoms with Crippen LogP contribution >= 0.6 is 23.8 Å². The SMILES string of the molecule is S=C(NCc1ccc(Cl)cc1)N[C@H]1C[C@H]2CC[C@@H]1C2. The van der Waals surface area contributed by atoms with Gasteiger partial charge in [-0.15, -0.1) is 0 Å². The van der Waals surface area contributed by atoms with Crippen LogP contribution in [0, 0.1) is 11.8 Å². The third-order valence-corrected chi connectivity index (χ3v) is 4.94. The van der Waals surface area contributed by atoms with Crippen LogP contribution in [0.5, 0.6) is 0 Å². The highest BCUT2D eigenvalue weighted by Crippen LogP contribution is 2.44. The molecule has 19 heavy (non-hydrogen) atoms. The van der Waals surface area contributed by atoms with Crippen molar-refractivity contribution in [1.29, 1.82) is 0 Å². The molecule has 2 saturated carbocycles. The van der Waals surface area contributed by atoms with Gasteiger partial charge in [0, 0.05) is 17.6 Å². The van der Waals surface area contributed by atoms with Gasteiger partial charge in [-0.1, -0.05) is 30.2 Å². The lowest BCUT2D eigenvalue weighted by atomic mass is 9.96. The Morgan fingerprint density at radius 2 is 2.00 bits per heavy atom. The molecule has 2 N–H and O–H groups in total. The number of halogens is 1. The quantitative estimate of drug-likeness (QED) is 0.835. The Hall–Kier alpha value is -0.800. The lowest BCUT2D eigenvalue weighted by molar-refractivity contribution is 0.389. The molecule has 4 heteroatoms. The standard InChI is InChI=1S/C15H19ClN2S/c16-13-5-2-10(3-6-13)9-17-15(19)18-14-8-11-1-4-12(14)7-11/h2-3,5-6,11-12,14H,1,4,7-9H2,(H2,17,18,19)/t11-,12+,14-/m0/s1. The van der Waals surface area contributed by atoms with Gasteiger partial charge in [0.1, 0.15) is 0 Å². The summed E-state index contributed by atoms with van der Waals surface area (Å²) in [5, 5.41) is 8.32. The van der Waals surface area contributed by atoms with Gasteiger partial charge in [0.25, 0.3) is 0 Å². The first-order valence-corrected chi connectivity index (χ1v) is 7.78. The maximum absolute atomic E-state index is 5.87. The minimum absolute atomic E-state index is 0.601. The molecule has 0 heterocycles. The Labute approximate surface area is 124 Å². The van der Waals surface area contributed by atoms with E-state index in [0.29, 0.717) is 6.04 Å². The smallest absolute Gasteiger partial charge is 0.166 e. The van der Waals surface area contributed by atoms with E-state index in [1.165, 1.54) is 31.2 Å². The molecule has 0 aliphatic heterocycles. The number of fused-ring (bicyclic) bond motifs is 2. The second kappa shape index (κ2) is 5.68. The van der Waals surface area contributed by atoms with Crippen molar-refractivity contribution in [2.45, 2.75) is 38.3 Å². The first-order chi connectivity index (χ1) is 9.20. The van der Waals surface area contributed by atoms with E-state index in [1.54, 1.807) is 0 Å². The normalized spacial score (nSPS) is 28.4. The second-order valence-corrected chi connectivity index (χ2v) is 6.58. The van der Waals surface area contributed by atoms with Crippen molar-refractivity contribution >= 4 is 28.9 Å². The average Bonchev–Trinajstić information content (AvgIpc) is 3.00. The van der Waals surface area contributed by atoms with Crippen LogP contribution in [-0.2, 0) is 6.54 Å². The summed E-state index contributed by atoms with van der Waals surface area (Å²) in [7, 11) is 0. The number of nitrogens with one attached hydrogen (secondary N) is 2. The molecule has 1 aromatic carbocycles. The van der Waals surface area contributed by atoms with Crippen molar-refractivity contribution in [3.05, 3.63) is 34.9 Å². The van der Waals surface area contributed by atoms with Gasteiger partial charge >= 0.3 is 0 Å². The van der Waals surface area contributed by atoms with Gasteiger partial charge in [0.15, 0.2) is 5.11 Å². The molecule has 0 aromatic heterocycles. The summed E-state index contributed by atoms with van der Waals surface area (Å²) in [4.78, 5) is 0. The molecular weight excluding hydrogens is 276 g/mol. The molecular formula is C15H19ClN2S. The summed E-state index contributed by atoms with van der Waals surface area (Å²) >= 11 is 11.2. The zero-order chi connectivity index (χ0) is 13.2. The summed E-state index contributed by atoms with van der Waals surface area (Å²) in [6, 6.07) is 8.46. The van der Waals surface area contributed by atoms with Crippen molar-refractivity contribution in [3.63, 3.8) is 0 Å². The third kappa shape index (κ3) is 3.21. The van der Waals surface area contributed by atoms with Crippen LogP contribution in [0.3, 0.4) is 0 Å². The zero-order valence-corrected chi connectivity index (χ0v) is 12.4. The number of thiocarbonyl (C=S) groups is 1. The predicted molar refractivity (Wildman–Crippen MR) is 83.3 cm³/mol. The Kier molecular flexibility index (Phi) is 3.94. The molecule has 0 spiro atoms. The van der Waals surface area contributed by atoms with Gasteiger partial charge < -0.3 is 10.6 Å². The van der Waals surface area contributed by atoms with E-state index in [1.807, 2.05) is 24.3 Å². The number of benzene rings is 1. The van der Waals surface area contributed by atoms with E-state index in [2.05, 4.69) is 10.6 Å². The number of hydrogen-bond donors (Lipinski definition) is 2. The van der Waals surface area contributed by atoms with Crippen molar-refractivity contribution < 1.29 is 0 Å². The zero-order valence-electron chi connectivity index (χ0n) is 10.9. The van der Waals surface area contributed by atoms with E-state index in [0.717, 1.165) is 28.5 Å². The molecule has 2 aliphatic carbocycles. The number of hydrogen-bond acceptors (Lipinski definition) is 1. The van der Waals surface area contributed by atoms with Crippen LogP contribution in [0.25, 0.3) is 0 Å². The van der Waals surface area contributed by atoms with E-state index in [-0.39, 0.29) is 0 Å². The van der Waals surface area contributed by atoms with E-state index >= 15 is 0 Å². The molecule has 1 aromatic rings. The highest BCUT2D eigenvalue weighted by atomic mass is 35.5. The van der Waals surface area contributed by atoms with Crippen LogP contribution in [0.4, 0.5) is 0 Å². The lowest BCUT2D eigenvalue weighted by Gasteiger charge is -2.24. The summed E-state index contributed by atoms with van der Waals surface area (Å²) in [5.41, 5.74) is 1.20. The molecule has 2 nitrogen and oxygen atoms in total. The second-order valence-electron chi connectivity index (χ2n) is 5.73. The van der Waals surface area contributed by atoms with E-state index < -0.39 is 0 Å². The Morgan fingerprint density at radius 1 is 1.21 bits per heavy atom. The molecule has 2 aliphatic rings. The Morgan fingerprint density at radius 3 is 2.63 bits per heavy atom. The van der Waals surface area contributed by atoms with E-state index in [9.17, 15) is 0 Å².